The molecule has 0 amide bonds. The van der Waals surface area contributed by atoms with E-state index < -0.39 is 0 Å². The lowest BCUT2D eigenvalue weighted by Gasteiger charge is -2.07. The summed E-state index contributed by atoms with van der Waals surface area (Å²) in [5.74, 6) is 0.0671. The van der Waals surface area contributed by atoms with Gasteiger partial charge in [0.15, 0.2) is 0 Å². The molecule has 0 spiro atoms. The third-order valence-corrected chi connectivity index (χ3v) is 3.70. The summed E-state index contributed by atoms with van der Waals surface area (Å²) in [6.07, 6.45) is 2.78. The Balaban J connectivity index is 1.69. The molecule has 1 unspecified atom stereocenters. The summed E-state index contributed by atoms with van der Waals surface area (Å²) in [5, 5.41) is 13.3. The molecule has 0 radical (unpaired) electrons. The summed E-state index contributed by atoms with van der Waals surface area (Å²) >= 11 is 0. The van der Waals surface area contributed by atoms with Gasteiger partial charge in [-0.3, -0.25) is 9.59 Å². The molecule has 1 heterocycles. The number of carbonyl (C=O) groups is 2. The Morgan fingerprint density at radius 3 is 2.65 bits per heavy atom. The average Bonchev–Trinajstić information content (AvgIpc) is 3.00. The van der Waals surface area contributed by atoms with Gasteiger partial charge < -0.3 is 14.7 Å². The minimum atomic E-state index is -0.247. The Morgan fingerprint density at radius 1 is 1.26 bits per heavy atom. The molecule has 1 atom stereocenters. The van der Waals surface area contributed by atoms with Crippen LogP contribution in [0.15, 0.2) is 29.4 Å². The largest absolute Gasteiger partial charge is 0.508 e. The molecule has 0 aliphatic carbocycles. The van der Waals surface area contributed by atoms with Crippen molar-refractivity contribution in [3.8, 4) is 5.75 Å². The number of Topliss-reactive ketones (excluding diaryl/α,β-unsaturated/α-hetero) is 1. The summed E-state index contributed by atoms with van der Waals surface area (Å²) in [4.78, 5) is 28.2. The highest BCUT2D eigenvalue weighted by Crippen LogP contribution is 2.21. The minimum absolute atomic E-state index is 0.113. The van der Waals surface area contributed by atoms with Crippen LogP contribution in [0.1, 0.15) is 44.1 Å². The number of nitrogens with zero attached hydrogens (tertiary/aromatic N) is 1. The first-order valence-corrected chi connectivity index (χ1v) is 7.69. The summed E-state index contributed by atoms with van der Waals surface area (Å²) < 4.78 is 4.55. The SMILES string of the molecule is COC(=O)CCCCC(=O)CC1CC(c2ccc(O)cc2)=NO1. The molecule has 124 valence electrons. The normalized spacial score (nSPS) is 16.6. The van der Waals surface area contributed by atoms with Gasteiger partial charge in [-0.2, -0.15) is 0 Å². The molecule has 0 fully saturated rings. The standard InChI is InChI=1S/C17H21NO5/c1-22-17(21)5-3-2-4-14(20)10-15-11-16(18-23-15)12-6-8-13(19)9-7-12/h6-9,15,19H,2-5,10-11H2,1H3. The second kappa shape index (κ2) is 8.31. The molecule has 1 aromatic carbocycles. The van der Waals surface area contributed by atoms with Gasteiger partial charge >= 0.3 is 5.97 Å². The topological polar surface area (TPSA) is 85.2 Å². The van der Waals surface area contributed by atoms with E-state index in [-0.39, 0.29) is 23.6 Å². The van der Waals surface area contributed by atoms with Gasteiger partial charge in [0.1, 0.15) is 17.6 Å². The van der Waals surface area contributed by atoms with E-state index in [0.717, 1.165) is 11.3 Å². The van der Waals surface area contributed by atoms with Crippen molar-refractivity contribution in [2.45, 2.75) is 44.6 Å². The summed E-state index contributed by atoms with van der Waals surface area (Å²) in [6.45, 7) is 0. The fraction of sp³-hybridized carbons (Fsp3) is 0.471. The molecule has 23 heavy (non-hydrogen) atoms. The van der Waals surface area contributed by atoms with Gasteiger partial charge in [0, 0.05) is 25.7 Å². The van der Waals surface area contributed by atoms with Crippen LogP contribution in [0.5, 0.6) is 5.75 Å². The second-order valence-corrected chi connectivity index (χ2v) is 5.54. The lowest BCUT2D eigenvalue weighted by molar-refractivity contribution is -0.140. The van der Waals surface area contributed by atoms with Crippen LogP contribution in [0.4, 0.5) is 0 Å². The van der Waals surface area contributed by atoms with Crippen LogP contribution in [0.25, 0.3) is 0 Å². The number of carbonyl (C=O) groups excluding carboxylic acids is 2. The fourth-order valence-corrected chi connectivity index (χ4v) is 2.41. The van der Waals surface area contributed by atoms with Crippen molar-refractivity contribution in [2.75, 3.05) is 7.11 Å². The molecule has 6 nitrogen and oxygen atoms in total. The number of unbranched alkanes of at least 4 members (excludes halogenated alkanes) is 1. The molecular formula is C17H21NO5. The second-order valence-electron chi connectivity index (χ2n) is 5.54. The number of phenolic OH excluding ortho intramolecular Hbond substituents is 1. The molecule has 0 saturated carbocycles. The van der Waals surface area contributed by atoms with Crippen LogP contribution in [0.3, 0.4) is 0 Å². The molecular weight excluding hydrogens is 298 g/mol. The first-order chi connectivity index (χ1) is 11.1. The highest BCUT2D eigenvalue weighted by molar-refractivity contribution is 6.01. The Bertz CT molecular complexity index is 579. The number of methoxy groups -OCH3 is 1. The van der Waals surface area contributed by atoms with Crippen molar-refractivity contribution in [3.05, 3.63) is 29.8 Å². The Kier molecular flexibility index (Phi) is 6.14. The highest BCUT2D eigenvalue weighted by Gasteiger charge is 2.24. The maximum atomic E-state index is 11.9. The van der Waals surface area contributed by atoms with Crippen LogP contribution >= 0.6 is 0 Å². The van der Waals surface area contributed by atoms with Crippen molar-refractivity contribution < 1.29 is 24.3 Å². The minimum Gasteiger partial charge on any atom is -0.508 e. The molecule has 2 rings (SSSR count). The zero-order valence-corrected chi connectivity index (χ0v) is 13.2. The lowest BCUT2D eigenvalue weighted by atomic mass is 10.00. The van der Waals surface area contributed by atoms with Gasteiger partial charge in [-0.25, -0.2) is 0 Å². The number of hydrogen-bond donors (Lipinski definition) is 1. The fourth-order valence-electron chi connectivity index (χ4n) is 2.41. The van der Waals surface area contributed by atoms with E-state index in [1.807, 2.05) is 0 Å². The van der Waals surface area contributed by atoms with Gasteiger partial charge in [0.25, 0.3) is 0 Å². The van der Waals surface area contributed by atoms with E-state index in [4.69, 9.17) is 4.84 Å². The quantitative estimate of drug-likeness (QED) is 0.588. The van der Waals surface area contributed by atoms with E-state index in [9.17, 15) is 14.7 Å². The summed E-state index contributed by atoms with van der Waals surface area (Å²) in [5.41, 5.74) is 1.67. The van der Waals surface area contributed by atoms with Gasteiger partial charge in [-0.1, -0.05) is 5.16 Å². The van der Waals surface area contributed by atoms with Crippen molar-refractivity contribution >= 4 is 17.5 Å². The number of rotatable bonds is 8. The zero-order chi connectivity index (χ0) is 16.7. The molecule has 0 bridgehead atoms. The van der Waals surface area contributed by atoms with Gasteiger partial charge in [-0.05, 0) is 42.7 Å². The van der Waals surface area contributed by atoms with Gasteiger partial charge in [0.05, 0.1) is 12.8 Å². The van der Waals surface area contributed by atoms with E-state index >= 15 is 0 Å². The number of esters is 1. The monoisotopic (exact) mass is 319 g/mol. The number of oxime groups is 1. The number of hydrogen-bond acceptors (Lipinski definition) is 6. The molecule has 6 heteroatoms. The Hall–Kier alpha value is -2.37. The van der Waals surface area contributed by atoms with Crippen molar-refractivity contribution in [1.82, 2.24) is 0 Å². The van der Waals surface area contributed by atoms with E-state index in [0.29, 0.717) is 38.5 Å². The maximum Gasteiger partial charge on any atom is 0.305 e. The zero-order valence-electron chi connectivity index (χ0n) is 13.2. The molecule has 0 aromatic heterocycles. The molecule has 0 saturated heterocycles. The van der Waals surface area contributed by atoms with Crippen LogP contribution in [-0.4, -0.2) is 35.8 Å². The average molecular weight is 319 g/mol. The first kappa shape index (κ1) is 17.0. The number of ketones is 1. The summed E-state index contributed by atoms with van der Waals surface area (Å²) in [7, 11) is 1.36. The molecule has 1 aliphatic rings. The van der Waals surface area contributed by atoms with E-state index in [1.165, 1.54) is 7.11 Å². The molecule has 1 aromatic rings. The number of benzene rings is 1. The lowest BCUT2D eigenvalue weighted by Crippen LogP contribution is -2.14. The van der Waals surface area contributed by atoms with Gasteiger partial charge in [-0.15, -0.1) is 0 Å². The van der Waals surface area contributed by atoms with Gasteiger partial charge in [0.2, 0.25) is 0 Å². The van der Waals surface area contributed by atoms with Crippen molar-refractivity contribution in [1.29, 1.82) is 0 Å². The predicted molar refractivity (Wildman–Crippen MR) is 84.2 cm³/mol. The first-order valence-electron chi connectivity index (χ1n) is 7.69. The van der Waals surface area contributed by atoms with Crippen LogP contribution < -0.4 is 0 Å². The van der Waals surface area contributed by atoms with Crippen LogP contribution in [0.2, 0.25) is 0 Å². The summed E-state index contributed by atoms with van der Waals surface area (Å²) in [6, 6.07) is 6.73. The van der Waals surface area contributed by atoms with Crippen LogP contribution in [0, 0.1) is 0 Å². The Labute approximate surface area is 135 Å². The number of aromatic hydroxyl groups is 1. The predicted octanol–water partition coefficient (Wildman–Crippen LogP) is 2.58. The molecule has 1 N–H and O–H groups in total. The van der Waals surface area contributed by atoms with E-state index in [2.05, 4.69) is 9.89 Å². The Morgan fingerprint density at radius 2 is 1.96 bits per heavy atom. The number of phenols is 1. The van der Waals surface area contributed by atoms with Crippen molar-refractivity contribution in [3.63, 3.8) is 0 Å². The van der Waals surface area contributed by atoms with Crippen LogP contribution in [-0.2, 0) is 19.2 Å². The van der Waals surface area contributed by atoms with Crippen molar-refractivity contribution in [2.24, 2.45) is 5.16 Å². The van der Waals surface area contributed by atoms with E-state index in [1.54, 1.807) is 24.3 Å². The third-order valence-electron chi connectivity index (χ3n) is 3.70. The smallest absolute Gasteiger partial charge is 0.305 e. The maximum absolute atomic E-state index is 11.9. The highest BCUT2D eigenvalue weighted by atomic mass is 16.6. The third kappa shape index (κ3) is 5.39. The number of ether oxygens (including phenoxy) is 1. The molecule has 1 aliphatic heterocycles.